The van der Waals surface area contributed by atoms with E-state index in [4.69, 9.17) is 18.9 Å². The zero-order valence-corrected chi connectivity index (χ0v) is 26.5. The van der Waals surface area contributed by atoms with E-state index < -0.39 is 18.3 Å². The maximum atomic E-state index is 12.8. The molecule has 230 valence electrons. The van der Waals surface area contributed by atoms with Gasteiger partial charge in [-0.2, -0.15) is 0 Å². The fourth-order valence-electron chi connectivity index (χ4n) is 5.06. The van der Waals surface area contributed by atoms with E-state index in [-0.39, 0.29) is 17.3 Å². The number of carbonyl (C=O) groups excluding carboxylic acids is 1. The molecular weight excluding hydrogens is 589 g/mol. The summed E-state index contributed by atoms with van der Waals surface area (Å²) < 4.78 is 26.7. The van der Waals surface area contributed by atoms with Gasteiger partial charge in [0.15, 0.2) is 6.29 Å². The number of rotatable bonds is 17. The first kappa shape index (κ1) is 32.5. The number of hydrogen-bond donors (Lipinski definition) is 0. The molecule has 44 heavy (non-hydrogen) atoms. The first-order valence-corrected chi connectivity index (χ1v) is 17.2. The third kappa shape index (κ3) is 10.1. The average molecular weight is 629 g/mol. The number of benzene rings is 4. The number of ether oxygens (including phenoxy) is 4. The second-order valence-corrected chi connectivity index (χ2v) is 13.4. The summed E-state index contributed by atoms with van der Waals surface area (Å²) >= 11 is 3.78. The van der Waals surface area contributed by atoms with Crippen molar-refractivity contribution in [2.24, 2.45) is 0 Å². The predicted octanol–water partition coefficient (Wildman–Crippen LogP) is 7.72. The van der Waals surface area contributed by atoms with Gasteiger partial charge in [-0.3, -0.25) is 0 Å². The van der Waals surface area contributed by atoms with Crippen LogP contribution in [0.4, 0.5) is 0 Å². The molecule has 5 rings (SSSR count). The highest BCUT2D eigenvalue weighted by molar-refractivity contribution is 8.17. The Morgan fingerprint density at radius 1 is 0.545 bits per heavy atom. The smallest absolute Gasteiger partial charge is 0.151 e. The Labute approximate surface area is 269 Å². The summed E-state index contributed by atoms with van der Waals surface area (Å²) in [5.74, 6) is 2.09. The number of hydrogen-bond acceptors (Lipinski definition) is 7. The van der Waals surface area contributed by atoms with Crippen molar-refractivity contribution in [1.29, 1.82) is 0 Å². The fourth-order valence-corrected chi connectivity index (χ4v) is 8.13. The van der Waals surface area contributed by atoms with E-state index in [0.29, 0.717) is 19.8 Å². The van der Waals surface area contributed by atoms with Crippen molar-refractivity contribution in [3.8, 4) is 0 Å². The molecule has 4 aromatic carbocycles. The molecule has 1 heterocycles. The second kappa shape index (κ2) is 18.2. The summed E-state index contributed by atoms with van der Waals surface area (Å²) in [5.41, 5.74) is 4.12. The molecule has 1 aliphatic rings. The molecule has 5 nitrogen and oxygen atoms in total. The van der Waals surface area contributed by atoms with Gasteiger partial charge in [0.2, 0.25) is 0 Å². The molecule has 0 aliphatic carbocycles. The van der Waals surface area contributed by atoms with E-state index in [0.717, 1.165) is 46.5 Å². The lowest BCUT2D eigenvalue weighted by molar-refractivity contribution is -0.185. The Balaban J connectivity index is 1.47. The van der Waals surface area contributed by atoms with Gasteiger partial charge in [0.25, 0.3) is 0 Å². The van der Waals surface area contributed by atoms with E-state index in [1.807, 2.05) is 133 Å². The van der Waals surface area contributed by atoms with Crippen LogP contribution in [0.15, 0.2) is 121 Å². The van der Waals surface area contributed by atoms with Gasteiger partial charge in [0.05, 0.1) is 31.0 Å². The summed E-state index contributed by atoms with van der Waals surface area (Å²) in [6.45, 7) is 1.37. The topological polar surface area (TPSA) is 54.0 Å². The van der Waals surface area contributed by atoms with Crippen LogP contribution in [-0.2, 0) is 50.2 Å². The Morgan fingerprint density at radius 3 is 1.36 bits per heavy atom. The van der Waals surface area contributed by atoms with Crippen LogP contribution in [0.1, 0.15) is 28.7 Å². The third-order valence-corrected chi connectivity index (χ3v) is 10.4. The fraction of sp³-hybridized carbons (Fsp3) is 0.324. The number of aldehydes is 1. The van der Waals surface area contributed by atoms with Crippen molar-refractivity contribution in [3.05, 3.63) is 144 Å². The molecule has 1 fully saturated rings. The first-order valence-electron chi connectivity index (χ1n) is 15.1. The van der Waals surface area contributed by atoms with Gasteiger partial charge in [-0.15, -0.1) is 23.5 Å². The molecule has 0 saturated carbocycles. The quantitative estimate of drug-likeness (QED) is 0.111. The third-order valence-electron chi connectivity index (χ3n) is 7.37. The SMILES string of the molecule is O=C[C@@H](OCc1ccccc1)[C@@H](OCc1ccccc1)[C@@H](OCc1ccccc1)[C@H](OCc1ccccc1)C1SCCCS1. The van der Waals surface area contributed by atoms with Crippen LogP contribution in [0.25, 0.3) is 0 Å². The first-order chi connectivity index (χ1) is 21.8. The van der Waals surface area contributed by atoms with Crippen LogP contribution in [0.2, 0.25) is 0 Å². The van der Waals surface area contributed by atoms with Crippen molar-refractivity contribution >= 4 is 29.8 Å². The summed E-state index contributed by atoms with van der Waals surface area (Å²) in [6, 6.07) is 40.2. The molecule has 0 unspecified atom stereocenters. The van der Waals surface area contributed by atoms with Crippen molar-refractivity contribution in [3.63, 3.8) is 0 Å². The number of thioether (sulfide) groups is 2. The summed E-state index contributed by atoms with van der Waals surface area (Å²) in [7, 11) is 0. The van der Waals surface area contributed by atoms with Gasteiger partial charge in [0.1, 0.15) is 24.4 Å². The van der Waals surface area contributed by atoms with Crippen molar-refractivity contribution in [1.82, 2.24) is 0 Å². The molecule has 4 atom stereocenters. The lowest BCUT2D eigenvalue weighted by atomic mass is 10.0. The van der Waals surface area contributed by atoms with E-state index in [1.54, 1.807) is 0 Å². The van der Waals surface area contributed by atoms with E-state index in [2.05, 4.69) is 12.1 Å². The Kier molecular flexibility index (Phi) is 13.4. The van der Waals surface area contributed by atoms with Crippen molar-refractivity contribution in [2.75, 3.05) is 11.5 Å². The molecule has 1 saturated heterocycles. The number of carbonyl (C=O) groups is 1. The van der Waals surface area contributed by atoms with Crippen molar-refractivity contribution < 1.29 is 23.7 Å². The zero-order valence-electron chi connectivity index (χ0n) is 24.8. The van der Waals surface area contributed by atoms with E-state index in [1.165, 1.54) is 0 Å². The minimum Gasteiger partial charge on any atom is -0.369 e. The Morgan fingerprint density at radius 2 is 0.932 bits per heavy atom. The molecule has 0 aromatic heterocycles. The van der Waals surface area contributed by atoms with Gasteiger partial charge < -0.3 is 23.7 Å². The maximum absolute atomic E-state index is 12.8. The molecule has 0 spiro atoms. The van der Waals surface area contributed by atoms with Crippen molar-refractivity contribution in [2.45, 2.75) is 61.8 Å². The monoisotopic (exact) mass is 628 g/mol. The Bertz CT molecular complexity index is 1340. The average Bonchev–Trinajstić information content (AvgIpc) is 3.10. The predicted molar refractivity (Wildman–Crippen MR) is 179 cm³/mol. The summed E-state index contributed by atoms with van der Waals surface area (Å²) in [6.07, 6.45) is -0.537. The van der Waals surface area contributed by atoms with Crippen LogP contribution in [0.5, 0.6) is 0 Å². The normalized spacial score (nSPS) is 16.5. The molecular formula is C37H40O5S2. The highest BCUT2D eigenvalue weighted by atomic mass is 32.2. The summed E-state index contributed by atoms with van der Waals surface area (Å²) in [5, 5.41) is 0. The molecule has 0 bridgehead atoms. The van der Waals surface area contributed by atoms with Gasteiger partial charge >= 0.3 is 0 Å². The van der Waals surface area contributed by atoms with Crippen LogP contribution in [-0.4, -0.2) is 46.8 Å². The van der Waals surface area contributed by atoms with E-state index >= 15 is 0 Å². The highest BCUT2D eigenvalue weighted by Crippen LogP contribution is 2.38. The van der Waals surface area contributed by atoms with Gasteiger partial charge in [0, 0.05) is 0 Å². The van der Waals surface area contributed by atoms with Crippen LogP contribution in [0, 0.1) is 0 Å². The minimum absolute atomic E-state index is 0.109. The van der Waals surface area contributed by atoms with Gasteiger partial charge in [-0.1, -0.05) is 121 Å². The second-order valence-electron chi connectivity index (χ2n) is 10.6. The maximum Gasteiger partial charge on any atom is 0.151 e. The lowest BCUT2D eigenvalue weighted by Crippen LogP contribution is -2.53. The molecule has 4 aromatic rings. The van der Waals surface area contributed by atoms with Crippen LogP contribution >= 0.6 is 23.5 Å². The minimum atomic E-state index is -0.874. The lowest BCUT2D eigenvalue weighted by Gasteiger charge is -2.40. The molecule has 7 heteroatoms. The zero-order chi connectivity index (χ0) is 30.2. The highest BCUT2D eigenvalue weighted by Gasteiger charge is 2.43. The van der Waals surface area contributed by atoms with Gasteiger partial charge in [-0.05, 0) is 40.2 Å². The van der Waals surface area contributed by atoms with E-state index in [9.17, 15) is 4.79 Å². The standard InChI is InChI=1S/C37H40O5S2/c38-24-33(39-25-29-14-5-1-6-15-29)34(40-26-30-16-7-2-8-17-30)35(41-27-31-18-9-3-10-19-31)36(37-43-22-13-23-44-37)42-28-32-20-11-4-12-21-32/h1-12,14-21,24,33-37H,13,22-23,25-28H2/t33-,34-,35-,36+/m1/s1. The Hall–Kier alpha value is -2.91. The molecule has 0 amide bonds. The molecule has 1 aliphatic heterocycles. The summed E-state index contributed by atoms with van der Waals surface area (Å²) in [4.78, 5) is 12.8. The van der Waals surface area contributed by atoms with Crippen LogP contribution < -0.4 is 0 Å². The van der Waals surface area contributed by atoms with Crippen LogP contribution in [0.3, 0.4) is 0 Å². The molecule has 0 N–H and O–H groups in total. The largest absolute Gasteiger partial charge is 0.369 e. The molecule has 0 radical (unpaired) electrons. The van der Waals surface area contributed by atoms with Gasteiger partial charge in [-0.25, -0.2) is 0 Å².